The zero-order valence-corrected chi connectivity index (χ0v) is 11.4. The number of piperidine rings is 2. The number of hydrogen-bond acceptors (Lipinski definition) is 1. The smallest absolute Gasteiger partial charge is 0.0125 e. The molecule has 2 saturated heterocycles. The monoisotopic (exact) mass is 209 g/mol. The van der Waals surface area contributed by atoms with Crippen molar-refractivity contribution >= 4 is 0 Å². The predicted octanol–water partition coefficient (Wildman–Crippen LogP) is 3.54. The van der Waals surface area contributed by atoms with Crippen molar-refractivity contribution in [3.05, 3.63) is 0 Å². The second kappa shape index (κ2) is 3.00. The van der Waals surface area contributed by atoms with E-state index < -0.39 is 0 Å². The van der Waals surface area contributed by atoms with Crippen LogP contribution in [0.25, 0.3) is 0 Å². The van der Waals surface area contributed by atoms with Gasteiger partial charge in [0.15, 0.2) is 0 Å². The third-order valence-corrected chi connectivity index (χ3v) is 4.87. The lowest BCUT2D eigenvalue weighted by molar-refractivity contribution is -0.149. The van der Waals surface area contributed by atoms with Crippen molar-refractivity contribution in [3.8, 4) is 0 Å². The zero-order valence-electron chi connectivity index (χ0n) is 11.4. The summed E-state index contributed by atoms with van der Waals surface area (Å²) in [6.45, 7) is 17.0. The van der Waals surface area contributed by atoms with Crippen molar-refractivity contribution in [2.24, 2.45) is 16.7 Å². The van der Waals surface area contributed by atoms with Crippen LogP contribution in [-0.2, 0) is 0 Å². The van der Waals surface area contributed by atoms with Gasteiger partial charge in [0.2, 0.25) is 0 Å². The molecule has 3 fully saturated rings. The number of hydrogen-bond donors (Lipinski definition) is 0. The highest BCUT2D eigenvalue weighted by Gasteiger charge is 2.56. The maximum atomic E-state index is 2.70. The van der Waals surface area contributed by atoms with Crippen LogP contribution in [0, 0.1) is 16.7 Å². The minimum absolute atomic E-state index is 0.357. The summed E-state index contributed by atoms with van der Waals surface area (Å²) in [5.74, 6) is 0.984. The van der Waals surface area contributed by atoms with Crippen LogP contribution in [0.4, 0.5) is 0 Å². The van der Waals surface area contributed by atoms with E-state index in [0.717, 1.165) is 5.92 Å². The molecule has 0 aromatic rings. The molecule has 0 unspecified atom stereocenters. The van der Waals surface area contributed by atoms with Crippen LogP contribution >= 0.6 is 0 Å². The largest absolute Gasteiger partial charge is 0.298 e. The molecule has 0 atom stereocenters. The van der Waals surface area contributed by atoms with Gasteiger partial charge in [-0.05, 0) is 50.4 Å². The molecule has 0 N–H and O–H groups in total. The van der Waals surface area contributed by atoms with E-state index in [1.165, 1.54) is 25.9 Å². The van der Waals surface area contributed by atoms with Crippen LogP contribution in [0.5, 0.6) is 0 Å². The van der Waals surface area contributed by atoms with E-state index in [9.17, 15) is 0 Å². The minimum atomic E-state index is 0.357. The van der Waals surface area contributed by atoms with Gasteiger partial charge < -0.3 is 0 Å². The molecule has 0 spiro atoms. The fourth-order valence-electron chi connectivity index (χ4n) is 3.41. The molecular weight excluding hydrogens is 182 g/mol. The van der Waals surface area contributed by atoms with Gasteiger partial charge in [0.1, 0.15) is 0 Å². The van der Waals surface area contributed by atoms with E-state index in [2.05, 4.69) is 46.4 Å². The summed E-state index contributed by atoms with van der Waals surface area (Å²) in [7, 11) is 0. The Morgan fingerprint density at radius 1 is 1.00 bits per heavy atom. The third kappa shape index (κ3) is 1.73. The SMILES string of the molecule is CC(C)(C)N1CC2CC(C(C)(C)C)(C2)C1. The Labute approximate surface area is 95.2 Å². The molecule has 3 rings (SSSR count). The Hall–Kier alpha value is -0.0400. The first-order valence-electron chi connectivity index (χ1n) is 6.39. The number of fused-ring (bicyclic) bond motifs is 2. The lowest BCUT2D eigenvalue weighted by atomic mass is 9.48. The number of nitrogens with zero attached hydrogens (tertiary/aromatic N) is 1. The molecule has 1 nitrogen and oxygen atoms in total. The fourth-order valence-corrected chi connectivity index (χ4v) is 3.41. The first kappa shape index (κ1) is 11.4. The average molecular weight is 209 g/mol. The van der Waals surface area contributed by atoms with E-state index in [0.29, 0.717) is 16.4 Å². The molecule has 2 heterocycles. The first-order valence-corrected chi connectivity index (χ1v) is 6.39. The summed E-state index contributed by atoms with van der Waals surface area (Å²) in [4.78, 5) is 2.70. The van der Waals surface area contributed by atoms with E-state index in [4.69, 9.17) is 0 Å². The molecular formula is C14H27N. The highest BCUT2D eigenvalue weighted by molar-refractivity contribution is 5.08. The van der Waals surface area contributed by atoms with Gasteiger partial charge >= 0.3 is 0 Å². The highest BCUT2D eigenvalue weighted by atomic mass is 15.2. The topological polar surface area (TPSA) is 3.24 Å². The standard InChI is InChI=1S/C14H27N/c1-12(2,3)14-7-11(8-14)9-15(10-14)13(4,5)6/h11H,7-10H2,1-6H3. The summed E-state index contributed by atoms with van der Waals surface area (Å²) in [6.07, 6.45) is 2.95. The van der Waals surface area contributed by atoms with Gasteiger partial charge in [0.05, 0.1) is 0 Å². The van der Waals surface area contributed by atoms with Gasteiger partial charge in [-0.1, -0.05) is 20.8 Å². The summed E-state index contributed by atoms with van der Waals surface area (Å²) >= 11 is 0. The van der Waals surface area contributed by atoms with Gasteiger partial charge in [-0.25, -0.2) is 0 Å². The maximum absolute atomic E-state index is 2.70. The van der Waals surface area contributed by atoms with E-state index in [1.54, 1.807) is 0 Å². The summed E-state index contributed by atoms with van der Waals surface area (Å²) in [5.41, 5.74) is 1.45. The third-order valence-electron chi connectivity index (χ3n) is 4.87. The van der Waals surface area contributed by atoms with Crippen LogP contribution in [-0.4, -0.2) is 23.5 Å². The Bertz CT molecular complexity index is 245. The normalized spacial score (nSPS) is 37.6. The van der Waals surface area contributed by atoms with Gasteiger partial charge in [-0.15, -0.1) is 0 Å². The molecule has 15 heavy (non-hydrogen) atoms. The molecule has 0 aromatic carbocycles. The molecule has 88 valence electrons. The first-order chi connectivity index (χ1) is 6.64. The van der Waals surface area contributed by atoms with Gasteiger partial charge in [-0.3, -0.25) is 4.90 Å². The molecule has 0 radical (unpaired) electrons. The fraction of sp³-hybridized carbons (Fsp3) is 1.00. The molecule has 3 aliphatic rings. The summed E-state index contributed by atoms with van der Waals surface area (Å²) < 4.78 is 0. The summed E-state index contributed by atoms with van der Waals surface area (Å²) in [5, 5.41) is 0. The number of rotatable bonds is 0. The lowest BCUT2D eigenvalue weighted by Gasteiger charge is -2.64. The minimum Gasteiger partial charge on any atom is -0.298 e. The van der Waals surface area contributed by atoms with Crippen molar-refractivity contribution in [2.75, 3.05) is 13.1 Å². The Kier molecular flexibility index (Phi) is 2.29. The van der Waals surface area contributed by atoms with Crippen molar-refractivity contribution in [1.29, 1.82) is 0 Å². The predicted molar refractivity (Wildman–Crippen MR) is 65.9 cm³/mol. The summed E-state index contributed by atoms with van der Waals surface area (Å²) in [6, 6.07) is 0. The average Bonchev–Trinajstić information content (AvgIpc) is 1.99. The molecule has 2 bridgehead atoms. The molecule has 2 aliphatic heterocycles. The van der Waals surface area contributed by atoms with Crippen molar-refractivity contribution < 1.29 is 0 Å². The quantitative estimate of drug-likeness (QED) is 0.590. The molecule has 1 heteroatoms. The molecule has 1 saturated carbocycles. The van der Waals surface area contributed by atoms with Crippen LogP contribution in [0.15, 0.2) is 0 Å². The second-order valence-corrected chi connectivity index (χ2v) is 7.86. The Morgan fingerprint density at radius 3 is 1.93 bits per heavy atom. The van der Waals surface area contributed by atoms with Crippen LogP contribution in [0.1, 0.15) is 54.4 Å². The van der Waals surface area contributed by atoms with Crippen LogP contribution < -0.4 is 0 Å². The van der Waals surface area contributed by atoms with Crippen molar-refractivity contribution in [2.45, 2.75) is 59.9 Å². The Morgan fingerprint density at radius 2 is 1.53 bits per heavy atom. The van der Waals surface area contributed by atoms with E-state index >= 15 is 0 Å². The molecule has 0 aromatic heterocycles. The van der Waals surface area contributed by atoms with Crippen molar-refractivity contribution in [1.82, 2.24) is 4.90 Å². The lowest BCUT2D eigenvalue weighted by Crippen LogP contribution is -2.64. The molecule has 0 amide bonds. The second-order valence-electron chi connectivity index (χ2n) is 7.86. The van der Waals surface area contributed by atoms with Crippen LogP contribution in [0.2, 0.25) is 0 Å². The highest BCUT2D eigenvalue weighted by Crippen LogP contribution is 2.60. The van der Waals surface area contributed by atoms with Crippen LogP contribution in [0.3, 0.4) is 0 Å². The Balaban J connectivity index is 2.14. The maximum Gasteiger partial charge on any atom is 0.0125 e. The van der Waals surface area contributed by atoms with E-state index in [1.807, 2.05) is 0 Å². The van der Waals surface area contributed by atoms with Gasteiger partial charge in [-0.2, -0.15) is 0 Å². The van der Waals surface area contributed by atoms with E-state index in [-0.39, 0.29) is 0 Å². The van der Waals surface area contributed by atoms with Gasteiger partial charge in [0, 0.05) is 18.6 Å². The molecule has 1 aliphatic carbocycles. The van der Waals surface area contributed by atoms with Gasteiger partial charge in [0.25, 0.3) is 0 Å². The zero-order chi connectivity index (χ0) is 11.5. The van der Waals surface area contributed by atoms with Crippen molar-refractivity contribution in [3.63, 3.8) is 0 Å².